The average Bonchev–Trinajstić information content (AvgIpc) is 3.32. The molecular formula is C18H22N4O. The van der Waals surface area contributed by atoms with Crippen LogP contribution in [0.15, 0.2) is 36.9 Å². The van der Waals surface area contributed by atoms with Crippen molar-refractivity contribution in [3.63, 3.8) is 0 Å². The fourth-order valence-electron chi connectivity index (χ4n) is 4.23. The predicted octanol–water partition coefficient (Wildman–Crippen LogP) is 2.88. The van der Waals surface area contributed by atoms with Crippen molar-refractivity contribution in [3.05, 3.63) is 42.5 Å². The quantitative estimate of drug-likeness (QED) is 0.944. The Morgan fingerprint density at radius 1 is 1.26 bits per heavy atom. The maximum absolute atomic E-state index is 12.5. The minimum Gasteiger partial charge on any atom is -0.349 e. The topological polar surface area (TPSA) is 59.8 Å². The van der Waals surface area contributed by atoms with E-state index in [1.165, 1.54) is 25.6 Å². The SMILES string of the molecule is CC(NC(=O)C1CC2CCC1C2)c1ccc(-n2cncn2)cc1. The van der Waals surface area contributed by atoms with Gasteiger partial charge in [0, 0.05) is 5.92 Å². The molecule has 5 nitrogen and oxygen atoms in total. The van der Waals surface area contributed by atoms with E-state index in [9.17, 15) is 4.79 Å². The number of carbonyl (C=O) groups is 1. The molecule has 2 fully saturated rings. The van der Waals surface area contributed by atoms with Crippen LogP contribution < -0.4 is 5.32 Å². The highest BCUT2D eigenvalue weighted by Crippen LogP contribution is 2.48. The average molecular weight is 310 g/mol. The van der Waals surface area contributed by atoms with Crippen molar-refractivity contribution in [2.75, 3.05) is 0 Å². The molecule has 2 saturated carbocycles. The van der Waals surface area contributed by atoms with Crippen LogP contribution >= 0.6 is 0 Å². The number of hydrogen-bond donors (Lipinski definition) is 1. The van der Waals surface area contributed by atoms with Crippen LogP contribution in [0.25, 0.3) is 5.69 Å². The van der Waals surface area contributed by atoms with Gasteiger partial charge in [-0.15, -0.1) is 0 Å². The highest BCUT2D eigenvalue weighted by molar-refractivity contribution is 5.80. The molecule has 2 aliphatic carbocycles. The first-order valence-corrected chi connectivity index (χ1v) is 8.46. The number of nitrogens with one attached hydrogen (secondary N) is 1. The molecule has 0 radical (unpaired) electrons. The van der Waals surface area contributed by atoms with Crippen LogP contribution in [0.2, 0.25) is 0 Å². The first kappa shape index (κ1) is 14.4. The summed E-state index contributed by atoms with van der Waals surface area (Å²) in [7, 11) is 0. The number of rotatable bonds is 4. The molecule has 0 aliphatic heterocycles. The summed E-state index contributed by atoms with van der Waals surface area (Å²) >= 11 is 0. The van der Waals surface area contributed by atoms with Gasteiger partial charge in [0.05, 0.1) is 11.7 Å². The Kier molecular flexibility index (Phi) is 3.63. The summed E-state index contributed by atoms with van der Waals surface area (Å²) in [5.41, 5.74) is 2.09. The molecule has 4 rings (SSSR count). The first-order valence-electron chi connectivity index (χ1n) is 8.46. The van der Waals surface area contributed by atoms with Gasteiger partial charge in [-0.25, -0.2) is 9.67 Å². The summed E-state index contributed by atoms with van der Waals surface area (Å²) in [4.78, 5) is 16.5. The van der Waals surface area contributed by atoms with E-state index in [4.69, 9.17) is 0 Å². The van der Waals surface area contributed by atoms with Crippen molar-refractivity contribution in [1.29, 1.82) is 0 Å². The van der Waals surface area contributed by atoms with Crippen LogP contribution in [0.5, 0.6) is 0 Å². The van der Waals surface area contributed by atoms with Crippen molar-refractivity contribution < 1.29 is 4.79 Å². The van der Waals surface area contributed by atoms with Gasteiger partial charge in [-0.1, -0.05) is 18.6 Å². The van der Waals surface area contributed by atoms with Crippen LogP contribution in [0.4, 0.5) is 0 Å². The van der Waals surface area contributed by atoms with Gasteiger partial charge in [0.15, 0.2) is 0 Å². The Hall–Kier alpha value is -2.17. The summed E-state index contributed by atoms with van der Waals surface area (Å²) in [6.07, 6.45) is 8.12. The van der Waals surface area contributed by atoms with Crippen LogP contribution in [0.3, 0.4) is 0 Å². The molecule has 2 aromatic rings. The fourth-order valence-corrected chi connectivity index (χ4v) is 4.23. The van der Waals surface area contributed by atoms with Crippen molar-refractivity contribution in [1.82, 2.24) is 20.1 Å². The monoisotopic (exact) mass is 310 g/mol. The molecule has 1 aromatic carbocycles. The summed E-state index contributed by atoms with van der Waals surface area (Å²) in [5, 5.41) is 7.32. The fraction of sp³-hybridized carbons (Fsp3) is 0.500. The largest absolute Gasteiger partial charge is 0.349 e. The van der Waals surface area contributed by atoms with Gasteiger partial charge >= 0.3 is 0 Å². The van der Waals surface area contributed by atoms with E-state index in [0.717, 1.165) is 23.6 Å². The van der Waals surface area contributed by atoms with Crippen LogP contribution in [0.1, 0.15) is 44.2 Å². The highest BCUT2D eigenvalue weighted by Gasteiger charge is 2.43. The van der Waals surface area contributed by atoms with Gasteiger partial charge in [0.25, 0.3) is 0 Å². The third-order valence-corrected chi connectivity index (χ3v) is 5.51. The lowest BCUT2D eigenvalue weighted by Gasteiger charge is -2.23. The summed E-state index contributed by atoms with van der Waals surface area (Å²) in [5.74, 6) is 1.91. The third kappa shape index (κ3) is 2.76. The zero-order chi connectivity index (χ0) is 15.8. The second kappa shape index (κ2) is 5.80. The lowest BCUT2D eigenvalue weighted by molar-refractivity contribution is -0.127. The van der Waals surface area contributed by atoms with E-state index in [-0.39, 0.29) is 17.9 Å². The molecular weight excluding hydrogens is 288 g/mol. The second-order valence-corrected chi connectivity index (χ2v) is 6.94. The van der Waals surface area contributed by atoms with Crippen molar-refractivity contribution >= 4 is 5.91 Å². The lowest BCUT2D eigenvalue weighted by Crippen LogP contribution is -2.35. The van der Waals surface area contributed by atoms with E-state index in [2.05, 4.69) is 22.3 Å². The normalized spacial score (nSPS) is 27.1. The number of amides is 1. The second-order valence-electron chi connectivity index (χ2n) is 6.94. The van der Waals surface area contributed by atoms with Crippen LogP contribution in [0, 0.1) is 17.8 Å². The minimum atomic E-state index is 0.0337. The Morgan fingerprint density at radius 2 is 2.09 bits per heavy atom. The van der Waals surface area contributed by atoms with E-state index in [1.54, 1.807) is 11.0 Å². The summed E-state index contributed by atoms with van der Waals surface area (Å²) < 4.78 is 1.72. The minimum absolute atomic E-state index is 0.0337. The van der Waals surface area contributed by atoms with E-state index < -0.39 is 0 Å². The predicted molar refractivity (Wildman–Crippen MR) is 86.9 cm³/mol. The van der Waals surface area contributed by atoms with E-state index >= 15 is 0 Å². The first-order chi connectivity index (χ1) is 11.2. The number of nitrogens with zero attached hydrogens (tertiary/aromatic N) is 3. The number of benzene rings is 1. The Labute approximate surface area is 136 Å². The van der Waals surface area contributed by atoms with Crippen LogP contribution in [-0.2, 0) is 4.79 Å². The van der Waals surface area contributed by atoms with Gasteiger partial charge in [0.1, 0.15) is 12.7 Å². The van der Waals surface area contributed by atoms with Crippen molar-refractivity contribution in [2.24, 2.45) is 17.8 Å². The van der Waals surface area contributed by atoms with Crippen molar-refractivity contribution in [3.8, 4) is 5.69 Å². The zero-order valence-electron chi connectivity index (χ0n) is 13.4. The van der Waals surface area contributed by atoms with Crippen LogP contribution in [-0.4, -0.2) is 20.7 Å². The summed E-state index contributed by atoms with van der Waals surface area (Å²) in [6, 6.07) is 8.13. The molecule has 4 atom stereocenters. The molecule has 23 heavy (non-hydrogen) atoms. The van der Waals surface area contributed by atoms with Crippen molar-refractivity contribution in [2.45, 2.75) is 38.6 Å². The molecule has 2 aliphatic rings. The number of aromatic nitrogens is 3. The molecule has 0 spiro atoms. The molecule has 1 amide bonds. The standard InChI is InChI=1S/C18H22N4O/c1-12(21-18(23)17-9-13-2-3-15(17)8-13)14-4-6-16(7-5-14)22-11-19-10-20-22/h4-7,10-13,15,17H,2-3,8-9H2,1H3,(H,21,23). The molecule has 1 heterocycles. The molecule has 0 saturated heterocycles. The molecule has 120 valence electrons. The Bertz CT molecular complexity index is 680. The van der Waals surface area contributed by atoms with E-state index in [1.807, 2.05) is 24.3 Å². The molecule has 2 bridgehead atoms. The summed E-state index contributed by atoms with van der Waals surface area (Å²) in [6.45, 7) is 2.05. The smallest absolute Gasteiger partial charge is 0.223 e. The van der Waals surface area contributed by atoms with Gasteiger partial charge < -0.3 is 5.32 Å². The lowest BCUT2D eigenvalue weighted by atomic mass is 9.88. The highest BCUT2D eigenvalue weighted by atomic mass is 16.2. The van der Waals surface area contributed by atoms with Gasteiger partial charge in [-0.05, 0) is 55.7 Å². The number of fused-ring (bicyclic) bond motifs is 2. The maximum Gasteiger partial charge on any atom is 0.223 e. The van der Waals surface area contributed by atoms with Gasteiger partial charge in [0.2, 0.25) is 5.91 Å². The number of hydrogen-bond acceptors (Lipinski definition) is 3. The zero-order valence-corrected chi connectivity index (χ0v) is 13.4. The van der Waals surface area contributed by atoms with Gasteiger partial charge in [-0.3, -0.25) is 4.79 Å². The molecule has 5 heteroatoms. The van der Waals surface area contributed by atoms with Gasteiger partial charge in [-0.2, -0.15) is 5.10 Å². The van der Waals surface area contributed by atoms with E-state index in [0.29, 0.717) is 5.92 Å². The number of carbonyl (C=O) groups excluding carboxylic acids is 1. The Morgan fingerprint density at radius 3 is 2.70 bits per heavy atom. The Balaban J connectivity index is 1.40. The molecule has 4 unspecified atom stereocenters. The molecule has 1 aromatic heterocycles. The maximum atomic E-state index is 12.5. The third-order valence-electron chi connectivity index (χ3n) is 5.51. The molecule has 1 N–H and O–H groups in total.